The molecule has 114 valence electrons. The summed E-state index contributed by atoms with van der Waals surface area (Å²) in [4.78, 5) is 17.0. The average molecular weight is 303 g/mol. The monoisotopic (exact) mass is 303 g/mol. The SMILES string of the molecule is Cc1ccc(C(=O)c2ccccc2)c(Nc2ncccc2N)c1. The van der Waals surface area contributed by atoms with Crippen LogP contribution in [0.4, 0.5) is 17.2 Å². The minimum atomic E-state index is -0.0393. The van der Waals surface area contributed by atoms with Crippen molar-refractivity contribution in [3.63, 3.8) is 0 Å². The van der Waals surface area contributed by atoms with Crippen molar-refractivity contribution in [1.29, 1.82) is 0 Å². The van der Waals surface area contributed by atoms with Gasteiger partial charge in [-0.05, 0) is 36.8 Å². The lowest BCUT2D eigenvalue weighted by atomic mass is 10.00. The highest BCUT2D eigenvalue weighted by molar-refractivity contribution is 6.12. The molecule has 0 unspecified atom stereocenters. The van der Waals surface area contributed by atoms with Crippen LogP contribution in [0.1, 0.15) is 21.5 Å². The summed E-state index contributed by atoms with van der Waals surface area (Å²) in [6, 6.07) is 18.4. The number of anilines is 3. The van der Waals surface area contributed by atoms with Crippen LogP contribution in [0.5, 0.6) is 0 Å². The molecule has 4 nitrogen and oxygen atoms in total. The highest BCUT2D eigenvalue weighted by Crippen LogP contribution is 2.26. The summed E-state index contributed by atoms with van der Waals surface area (Å²) < 4.78 is 0. The van der Waals surface area contributed by atoms with Gasteiger partial charge in [0.25, 0.3) is 0 Å². The lowest BCUT2D eigenvalue weighted by Gasteiger charge is -2.13. The van der Waals surface area contributed by atoms with Gasteiger partial charge < -0.3 is 11.1 Å². The van der Waals surface area contributed by atoms with Gasteiger partial charge in [-0.3, -0.25) is 4.79 Å². The maximum absolute atomic E-state index is 12.8. The van der Waals surface area contributed by atoms with Crippen molar-refractivity contribution in [2.24, 2.45) is 0 Å². The van der Waals surface area contributed by atoms with Crippen LogP contribution in [0, 0.1) is 6.92 Å². The van der Waals surface area contributed by atoms with E-state index in [2.05, 4.69) is 10.3 Å². The Labute approximate surface area is 135 Å². The molecular weight excluding hydrogens is 286 g/mol. The zero-order valence-corrected chi connectivity index (χ0v) is 12.8. The number of carbonyl (C=O) groups is 1. The van der Waals surface area contributed by atoms with Crippen molar-refractivity contribution < 1.29 is 4.79 Å². The molecule has 23 heavy (non-hydrogen) atoms. The summed E-state index contributed by atoms with van der Waals surface area (Å²) >= 11 is 0. The minimum Gasteiger partial charge on any atom is -0.396 e. The second kappa shape index (κ2) is 6.32. The number of aryl methyl sites for hydroxylation is 1. The molecule has 0 aliphatic heterocycles. The molecule has 3 N–H and O–H groups in total. The summed E-state index contributed by atoms with van der Waals surface area (Å²) in [5, 5.41) is 3.18. The van der Waals surface area contributed by atoms with Gasteiger partial charge in [-0.25, -0.2) is 4.98 Å². The molecule has 0 saturated heterocycles. The third kappa shape index (κ3) is 3.21. The zero-order chi connectivity index (χ0) is 16.2. The Morgan fingerprint density at radius 1 is 1.04 bits per heavy atom. The molecule has 1 aromatic heterocycles. The molecule has 0 atom stereocenters. The van der Waals surface area contributed by atoms with Gasteiger partial charge in [-0.15, -0.1) is 0 Å². The van der Waals surface area contributed by atoms with Gasteiger partial charge in [0.05, 0.1) is 11.4 Å². The minimum absolute atomic E-state index is 0.0393. The number of carbonyl (C=O) groups excluding carboxylic acids is 1. The molecule has 3 rings (SSSR count). The van der Waals surface area contributed by atoms with Gasteiger partial charge in [-0.1, -0.05) is 36.4 Å². The quantitative estimate of drug-likeness (QED) is 0.716. The van der Waals surface area contributed by atoms with Gasteiger partial charge in [0.2, 0.25) is 0 Å². The lowest BCUT2D eigenvalue weighted by molar-refractivity contribution is 0.103. The molecule has 0 saturated carbocycles. The van der Waals surface area contributed by atoms with Gasteiger partial charge in [-0.2, -0.15) is 0 Å². The second-order valence-corrected chi connectivity index (χ2v) is 5.31. The molecule has 0 fully saturated rings. The van der Waals surface area contributed by atoms with Gasteiger partial charge >= 0.3 is 0 Å². The maximum Gasteiger partial charge on any atom is 0.195 e. The number of pyridine rings is 1. The van der Waals surface area contributed by atoms with Gasteiger partial charge in [0, 0.05) is 17.3 Å². The van der Waals surface area contributed by atoms with Crippen LogP contribution < -0.4 is 11.1 Å². The molecule has 0 amide bonds. The van der Waals surface area contributed by atoms with Crippen molar-refractivity contribution in [3.8, 4) is 0 Å². The van der Waals surface area contributed by atoms with Crippen LogP contribution in [0.3, 0.4) is 0 Å². The molecule has 3 aromatic rings. The number of nitrogens with zero attached hydrogens (tertiary/aromatic N) is 1. The van der Waals surface area contributed by atoms with E-state index in [0.717, 1.165) is 5.56 Å². The summed E-state index contributed by atoms with van der Waals surface area (Å²) in [5.41, 5.74) is 9.45. The van der Waals surface area contributed by atoms with E-state index in [4.69, 9.17) is 5.73 Å². The third-order valence-electron chi connectivity index (χ3n) is 3.55. The number of nitrogens with two attached hydrogens (primary N) is 1. The highest BCUT2D eigenvalue weighted by atomic mass is 16.1. The van der Waals surface area contributed by atoms with E-state index in [1.165, 1.54) is 0 Å². The molecule has 2 aromatic carbocycles. The smallest absolute Gasteiger partial charge is 0.195 e. The first-order valence-electron chi connectivity index (χ1n) is 7.33. The standard InChI is InChI=1S/C19H17N3O/c1-13-9-10-15(18(23)14-6-3-2-4-7-14)17(12-13)22-19-16(20)8-5-11-21-19/h2-12H,20H2,1H3,(H,21,22). The van der Waals surface area contributed by atoms with Crippen LogP contribution in [-0.2, 0) is 0 Å². The molecule has 0 aliphatic rings. The fraction of sp³-hybridized carbons (Fsp3) is 0.0526. The van der Waals surface area contributed by atoms with Crippen molar-refractivity contribution in [1.82, 2.24) is 4.98 Å². The Morgan fingerprint density at radius 3 is 2.57 bits per heavy atom. The first-order chi connectivity index (χ1) is 11.1. The summed E-state index contributed by atoms with van der Waals surface area (Å²) in [7, 11) is 0. The van der Waals surface area contributed by atoms with E-state index in [1.807, 2.05) is 43.3 Å². The molecule has 0 bridgehead atoms. The van der Waals surface area contributed by atoms with Crippen molar-refractivity contribution >= 4 is 23.0 Å². The van der Waals surface area contributed by atoms with Crippen molar-refractivity contribution in [2.45, 2.75) is 6.92 Å². The summed E-state index contributed by atoms with van der Waals surface area (Å²) in [6.45, 7) is 1.98. The van der Waals surface area contributed by atoms with Crippen LogP contribution in [0.15, 0.2) is 66.9 Å². The largest absolute Gasteiger partial charge is 0.396 e. The van der Waals surface area contributed by atoms with E-state index in [-0.39, 0.29) is 5.78 Å². The third-order valence-corrected chi connectivity index (χ3v) is 3.55. The fourth-order valence-corrected chi connectivity index (χ4v) is 2.35. The molecule has 0 aliphatic carbocycles. The van der Waals surface area contributed by atoms with Crippen LogP contribution in [0.25, 0.3) is 0 Å². The Bertz CT molecular complexity index is 844. The summed E-state index contributed by atoms with van der Waals surface area (Å²) in [6.07, 6.45) is 1.66. The first-order valence-corrected chi connectivity index (χ1v) is 7.33. The van der Waals surface area contributed by atoms with Crippen molar-refractivity contribution in [3.05, 3.63) is 83.6 Å². The fourth-order valence-electron chi connectivity index (χ4n) is 2.35. The van der Waals surface area contributed by atoms with E-state index < -0.39 is 0 Å². The number of nitrogens with one attached hydrogen (secondary N) is 1. The van der Waals surface area contributed by atoms with E-state index in [0.29, 0.717) is 28.3 Å². The van der Waals surface area contributed by atoms with Crippen molar-refractivity contribution in [2.75, 3.05) is 11.1 Å². The Morgan fingerprint density at radius 2 is 1.83 bits per heavy atom. The predicted octanol–water partition coefficient (Wildman–Crippen LogP) is 3.95. The number of nitrogen functional groups attached to an aromatic ring is 1. The Hall–Kier alpha value is -3.14. The number of hydrogen-bond donors (Lipinski definition) is 2. The highest BCUT2D eigenvalue weighted by Gasteiger charge is 2.14. The predicted molar refractivity (Wildman–Crippen MR) is 93.0 cm³/mol. The normalized spacial score (nSPS) is 10.3. The molecule has 0 radical (unpaired) electrons. The average Bonchev–Trinajstić information content (AvgIpc) is 2.57. The number of hydrogen-bond acceptors (Lipinski definition) is 4. The molecular formula is C19H17N3O. The van der Waals surface area contributed by atoms with E-state index >= 15 is 0 Å². The van der Waals surface area contributed by atoms with E-state index in [1.54, 1.807) is 30.5 Å². The lowest BCUT2D eigenvalue weighted by Crippen LogP contribution is -2.07. The first kappa shape index (κ1) is 14.8. The van der Waals surface area contributed by atoms with Gasteiger partial charge in [0.1, 0.15) is 0 Å². The van der Waals surface area contributed by atoms with Crippen LogP contribution in [0.2, 0.25) is 0 Å². The number of aromatic nitrogens is 1. The van der Waals surface area contributed by atoms with Crippen LogP contribution >= 0.6 is 0 Å². The zero-order valence-electron chi connectivity index (χ0n) is 12.8. The van der Waals surface area contributed by atoms with Gasteiger partial charge in [0.15, 0.2) is 11.6 Å². The molecule has 0 spiro atoms. The topological polar surface area (TPSA) is 68.0 Å². The number of benzene rings is 2. The van der Waals surface area contributed by atoms with Crippen LogP contribution in [-0.4, -0.2) is 10.8 Å². The molecule has 1 heterocycles. The number of rotatable bonds is 4. The Balaban J connectivity index is 2.02. The molecule has 4 heteroatoms. The number of ketones is 1. The Kier molecular flexibility index (Phi) is 4.06. The second-order valence-electron chi connectivity index (χ2n) is 5.31. The summed E-state index contributed by atoms with van der Waals surface area (Å²) in [5.74, 6) is 0.503. The maximum atomic E-state index is 12.8. The van der Waals surface area contributed by atoms with E-state index in [9.17, 15) is 4.79 Å².